The number of hydrogen-bond donors (Lipinski definition) is 2. The minimum atomic E-state index is -0.239. The van der Waals surface area contributed by atoms with Gasteiger partial charge in [-0.1, -0.05) is 6.07 Å². The van der Waals surface area contributed by atoms with Crippen LogP contribution < -0.4 is 10.6 Å². The topological polar surface area (TPSA) is 54.0 Å². The van der Waals surface area contributed by atoms with Crippen LogP contribution >= 0.6 is 0 Å². The Hall–Kier alpha value is -2.43. The van der Waals surface area contributed by atoms with Gasteiger partial charge in [0, 0.05) is 18.8 Å². The van der Waals surface area contributed by atoms with Gasteiger partial charge in [-0.2, -0.15) is 0 Å². The third-order valence-corrected chi connectivity index (χ3v) is 3.51. The first-order valence-corrected chi connectivity index (χ1v) is 7.37. The van der Waals surface area contributed by atoms with E-state index < -0.39 is 0 Å². The number of pyridine rings is 1. The van der Waals surface area contributed by atoms with E-state index >= 15 is 0 Å². The Morgan fingerprint density at radius 1 is 1.32 bits per heavy atom. The molecule has 2 N–H and O–H groups in total. The molecule has 1 aromatic heterocycles. The van der Waals surface area contributed by atoms with Crippen LogP contribution in [0.1, 0.15) is 34.3 Å². The molecule has 1 amide bonds. The molecule has 1 aromatic carbocycles. The highest BCUT2D eigenvalue weighted by molar-refractivity contribution is 5.94. The second-order valence-corrected chi connectivity index (χ2v) is 5.67. The fourth-order valence-electron chi connectivity index (χ4n) is 2.24. The first kappa shape index (κ1) is 14.5. The van der Waals surface area contributed by atoms with Gasteiger partial charge >= 0.3 is 0 Å². The van der Waals surface area contributed by atoms with E-state index in [-0.39, 0.29) is 11.7 Å². The molecule has 114 valence electrons. The maximum Gasteiger partial charge on any atom is 0.253 e. The van der Waals surface area contributed by atoms with E-state index in [1.165, 1.54) is 12.1 Å². The van der Waals surface area contributed by atoms with Crippen LogP contribution in [0, 0.1) is 12.7 Å². The molecule has 3 rings (SSSR count). The highest BCUT2D eigenvalue weighted by atomic mass is 19.1. The van der Waals surface area contributed by atoms with Gasteiger partial charge in [0.2, 0.25) is 0 Å². The van der Waals surface area contributed by atoms with Crippen molar-refractivity contribution in [3.8, 4) is 0 Å². The van der Waals surface area contributed by atoms with E-state index in [9.17, 15) is 9.18 Å². The van der Waals surface area contributed by atoms with Crippen LogP contribution in [0.25, 0.3) is 0 Å². The molecular formula is C17H18FN3O. The van der Waals surface area contributed by atoms with Gasteiger partial charge in [0.05, 0.1) is 5.56 Å². The van der Waals surface area contributed by atoms with E-state index in [0.717, 1.165) is 24.0 Å². The predicted octanol–water partition coefficient (Wildman–Crippen LogP) is 3.03. The highest BCUT2D eigenvalue weighted by Gasteiger charge is 2.23. The normalized spacial score (nSPS) is 13.7. The van der Waals surface area contributed by atoms with Crippen LogP contribution in [0.15, 0.2) is 36.5 Å². The molecular weight excluding hydrogens is 281 g/mol. The van der Waals surface area contributed by atoms with Gasteiger partial charge < -0.3 is 10.6 Å². The van der Waals surface area contributed by atoms with Crippen LogP contribution in [0.3, 0.4) is 0 Å². The number of nitrogens with zero attached hydrogens (tertiary/aromatic N) is 1. The van der Waals surface area contributed by atoms with Gasteiger partial charge in [-0.3, -0.25) is 4.79 Å². The summed E-state index contributed by atoms with van der Waals surface area (Å²) in [5.74, 6) is 0.337. The van der Waals surface area contributed by atoms with Gasteiger partial charge in [-0.25, -0.2) is 9.37 Å². The van der Waals surface area contributed by atoms with E-state index in [0.29, 0.717) is 24.0 Å². The van der Waals surface area contributed by atoms with E-state index in [2.05, 4.69) is 15.6 Å². The highest BCUT2D eigenvalue weighted by Crippen LogP contribution is 2.19. The average Bonchev–Trinajstić information content (AvgIpc) is 3.28. The van der Waals surface area contributed by atoms with E-state index in [1.807, 2.05) is 13.0 Å². The fourth-order valence-corrected chi connectivity index (χ4v) is 2.24. The molecule has 5 heteroatoms. The largest absolute Gasteiger partial charge is 0.366 e. The Bertz CT molecular complexity index is 661. The summed E-state index contributed by atoms with van der Waals surface area (Å²) in [6.07, 6.45) is 3.68. The smallest absolute Gasteiger partial charge is 0.253 e. The summed E-state index contributed by atoms with van der Waals surface area (Å²) in [5, 5.41) is 6.04. The number of benzene rings is 1. The van der Waals surface area contributed by atoms with Crippen LogP contribution in [0.4, 0.5) is 10.2 Å². The Morgan fingerprint density at radius 3 is 2.77 bits per heavy atom. The van der Waals surface area contributed by atoms with Gasteiger partial charge in [-0.15, -0.1) is 0 Å². The summed E-state index contributed by atoms with van der Waals surface area (Å²) >= 11 is 0. The summed E-state index contributed by atoms with van der Waals surface area (Å²) in [6.45, 7) is 2.34. The number of carbonyl (C=O) groups excluding carboxylic acids is 1. The van der Waals surface area contributed by atoms with Crippen LogP contribution in [0.5, 0.6) is 0 Å². The van der Waals surface area contributed by atoms with Crippen molar-refractivity contribution in [3.63, 3.8) is 0 Å². The number of aryl methyl sites for hydroxylation is 1. The first-order valence-electron chi connectivity index (χ1n) is 7.37. The maximum atomic E-state index is 13.3. The van der Waals surface area contributed by atoms with Crippen molar-refractivity contribution in [3.05, 3.63) is 59.0 Å². The maximum absolute atomic E-state index is 13.3. The van der Waals surface area contributed by atoms with Gasteiger partial charge in [-0.05, 0) is 55.2 Å². The Labute approximate surface area is 128 Å². The number of carbonyl (C=O) groups is 1. The minimum absolute atomic E-state index is 0.0812. The lowest BCUT2D eigenvalue weighted by molar-refractivity contribution is 0.0951. The Kier molecular flexibility index (Phi) is 4.04. The zero-order chi connectivity index (χ0) is 15.5. The molecule has 1 aliphatic carbocycles. The van der Waals surface area contributed by atoms with Crippen molar-refractivity contribution in [1.82, 2.24) is 10.3 Å². The summed E-state index contributed by atoms with van der Waals surface area (Å²) in [4.78, 5) is 16.1. The third-order valence-electron chi connectivity index (χ3n) is 3.51. The molecule has 0 spiro atoms. The van der Waals surface area contributed by atoms with Crippen molar-refractivity contribution in [2.75, 3.05) is 5.32 Å². The summed E-state index contributed by atoms with van der Waals surface area (Å²) < 4.78 is 13.3. The quantitative estimate of drug-likeness (QED) is 0.892. The molecule has 0 radical (unpaired) electrons. The van der Waals surface area contributed by atoms with E-state index in [1.54, 1.807) is 18.3 Å². The van der Waals surface area contributed by atoms with Crippen LogP contribution in [0.2, 0.25) is 0 Å². The SMILES string of the molecule is Cc1cc(F)cc(CNc2ccc(C(=O)NC3CC3)cn2)c1. The lowest BCUT2D eigenvalue weighted by atomic mass is 10.1. The molecule has 0 aliphatic heterocycles. The number of amides is 1. The fraction of sp³-hybridized carbons (Fsp3) is 0.294. The molecule has 4 nitrogen and oxygen atoms in total. The van der Waals surface area contributed by atoms with Crippen molar-refractivity contribution in [1.29, 1.82) is 0 Å². The summed E-state index contributed by atoms with van der Waals surface area (Å²) in [5.41, 5.74) is 2.30. The second-order valence-electron chi connectivity index (χ2n) is 5.67. The van der Waals surface area contributed by atoms with Crippen LogP contribution in [-0.2, 0) is 6.54 Å². The number of aromatic nitrogens is 1. The zero-order valence-electron chi connectivity index (χ0n) is 12.4. The first-order chi connectivity index (χ1) is 10.6. The van der Waals surface area contributed by atoms with Crippen molar-refractivity contribution in [2.45, 2.75) is 32.4 Å². The van der Waals surface area contributed by atoms with Crippen molar-refractivity contribution >= 4 is 11.7 Å². The predicted molar refractivity (Wildman–Crippen MR) is 83.2 cm³/mol. The van der Waals surface area contributed by atoms with Gasteiger partial charge in [0.1, 0.15) is 11.6 Å². The van der Waals surface area contributed by atoms with Crippen molar-refractivity contribution in [2.24, 2.45) is 0 Å². The molecule has 0 atom stereocenters. The lowest BCUT2D eigenvalue weighted by Crippen LogP contribution is -2.25. The van der Waals surface area contributed by atoms with Crippen molar-refractivity contribution < 1.29 is 9.18 Å². The second kappa shape index (κ2) is 6.13. The number of anilines is 1. The molecule has 0 saturated heterocycles. The molecule has 1 heterocycles. The molecule has 2 aromatic rings. The molecule has 22 heavy (non-hydrogen) atoms. The molecule has 1 saturated carbocycles. The summed E-state index contributed by atoms with van der Waals surface area (Å²) in [6, 6.07) is 8.75. The molecule has 1 aliphatic rings. The average molecular weight is 299 g/mol. The number of rotatable bonds is 5. The summed E-state index contributed by atoms with van der Waals surface area (Å²) in [7, 11) is 0. The van der Waals surface area contributed by atoms with Gasteiger partial charge in [0.25, 0.3) is 5.91 Å². The minimum Gasteiger partial charge on any atom is -0.366 e. The van der Waals surface area contributed by atoms with E-state index in [4.69, 9.17) is 0 Å². The zero-order valence-corrected chi connectivity index (χ0v) is 12.4. The lowest BCUT2D eigenvalue weighted by Gasteiger charge is -2.08. The molecule has 0 bridgehead atoms. The number of halogens is 1. The standard InChI is InChI=1S/C17H18FN3O/c1-11-6-12(8-14(18)7-11)9-19-16-5-2-13(10-20-16)17(22)21-15-3-4-15/h2,5-8,10,15H,3-4,9H2,1H3,(H,19,20)(H,21,22). The Balaban J connectivity index is 1.59. The Morgan fingerprint density at radius 2 is 2.14 bits per heavy atom. The molecule has 1 fully saturated rings. The van der Waals surface area contributed by atoms with Gasteiger partial charge in [0.15, 0.2) is 0 Å². The van der Waals surface area contributed by atoms with Crippen LogP contribution in [-0.4, -0.2) is 16.9 Å². The molecule has 0 unspecified atom stereocenters. The number of nitrogens with one attached hydrogen (secondary N) is 2. The third kappa shape index (κ3) is 3.81. The number of hydrogen-bond acceptors (Lipinski definition) is 3. The monoisotopic (exact) mass is 299 g/mol.